The van der Waals surface area contributed by atoms with E-state index >= 15 is 0 Å². The Hall–Kier alpha value is -0.730. The molecular weight excluding hydrogens is 234 g/mol. The van der Waals surface area contributed by atoms with Crippen molar-refractivity contribution in [1.29, 1.82) is 0 Å². The fourth-order valence-corrected chi connectivity index (χ4v) is 2.75. The van der Waals surface area contributed by atoms with Gasteiger partial charge in [0, 0.05) is 0 Å². The third-order valence-corrected chi connectivity index (χ3v) is 3.95. The molecule has 1 aromatic carbocycles. The van der Waals surface area contributed by atoms with Crippen molar-refractivity contribution in [3.05, 3.63) is 28.3 Å². The molecule has 0 saturated carbocycles. The van der Waals surface area contributed by atoms with Gasteiger partial charge in [-0.15, -0.1) is 0 Å². The van der Waals surface area contributed by atoms with Crippen molar-refractivity contribution in [2.75, 3.05) is 20.2 Å². The van der Waals surface area contributed by atoms with Gasteiger partial charge in [-0.25, -0.2) is 0 Å². The van der Waals surface area contributed by atoms with Crippen molar-refractivity contribution in [3.8, 4) is 5.75 Å². The number of benzene rings is 1. The zero-order valence-electron chi connectivity index (χ0n) is 10.6. The Bertz CT molecular complexity index is 386. The maximum absolute atomic E-state index is 6.28. The summed E-state index contributed by atoms with van der Waals surface area (Å²) in [4.78, 5) is 0. The SMILES string of the molecule is COc1c(CC2CCCNC2)ccc(C)c1Cl. The Labute approximate surface area is 108 Å². The number of ether oxygens (including phenoxy) is 1. The predicted molar refractivity (Wildman–Crippen MR) is 72.0 cm³/mol. The van der Waals surface area contributed by atoms with Gasteiger partial charge in [0.25, 0.3) is 0 Å². The van der Waals surface area contributed by atoms with Crippen LogP contribution in [0.5, 0.6) is 5.75 Å². The lowest BCUT2D eigenvalue weighted by Crippen LogP contribution is -2.30. The topological polar surface area (TPSA) is 21.3 Å². The highest BCUT2D eigenvalue weighted by Gasteiger charge is 2.17. The van der Waals surface area contributed by atoms with Crippen LogP contribution in [0.1, 0.15) is 24.0 Å². The van der Waals surface area contributed by atoms with E-state index in [-0.39, 0.29) is 0 Å². The molecule has 1 aliphatic heterocycles. The molecule has 94 valence electrons. The van der Waals surface area contributed by atoms with Crippen molar-refractivity contribution in [1.82, 2.24) is 5.32 Å². The standard InChI is InChI=1S/C14H20ClNO/c1-10-5-6-12(14(17-2)13(10)15)8-11-4-3-7-16-9-11/h5-6,11,16H,3-4,7-9H2,1-2H3. The van der Waals surface area contributed by atoms with Crippen LogP contribution in [0.3, 0.4) is 0 Å². The molecule has 3 heteroatoms. The molecule has 0 amide bonds. The highest BCUT2D eigenvalue weighted by Crippen LogP contribution is 2.33. The van der Waals surface area contributed by atoms with Gasteiger partial charge in [-0.2, -0.15) is 0 Å². The number of piperidine rings is 1. The summed E-state index contributed by atoms with van der Waals surface area (Å²) in [6.07, 6.45) is 3.62. The monoisotopic (exact) mass is 253 g/mol. The minimum absolute atomic E-state index is 0.705. The lowest BCUT2D eigenvalue weighted by molar-refractivity contribution is 0.364. The van der Waals surface area contributed by atoms with Crippen LogP contribution in [0.2, 0.25) is 5.02 Å². The van der Waals surface area contributed by atoms with Crippen molar-refractivity contribution in [3.63, 3.8) is 0 Å². The third-order valence-electron chi connectivity index (χ3n) is 3.48. The van der Waals surface area contributed by atoms with Crippen molar-refractivity contribution in [2.45, 2.75) is 26.2 Å². The summed E-state index contributed by atoms with van der Waals surface area (Å²) in [6, 6.07) is 4.23. The fourth-order valence-electron chi connectivity index (χ4n) is 2.49. The molecule has 1 heterocycles. The highest BCUT2D eigenvalue weighted by molar-refractivity contribution is 6.32. The fraction of sp³-hybridized carbons (Fsp3) is 0.571. The van der Waals surface area contributed by atoms with Crippen molar-refractivity contribution >= 4 is 11.6 Å². The van der Waals surface area contributed by atoms with E-state index in [9.17, 15) is 0 Å². The molecule has 1 unspecified atom stereocenters. The summed E-state index contributed by atoms with van der Waals surface area (Å²) in [7, 11) is 1.70. The van der Waals surface area contributed by atoms with Gasteiger partial charge < -0.3 is 10.1 Å². The second kappa shape index (κ2) is 5.74. The zero-order valence-corrected chi connectivity index (χ0v) is 11.3. The lowest BCUT2D eigenvalue weighted by atomic mass is 9.91. The minimum Gasteiger partial charge on any atom is -0.495 e. The molecule has 1 N–H and O–H groups in total. The van der Waals surface area contributed by atoms with Crippen LogP contribution < -0.4 is 10.1 Å². The van der Waals surface area contributed by atoms with Crippen LogP contribution in [-0.2, 0) is 6.42 Å². The molecular formula is C14H20ClNO. The molecule has 2 rings (SSSR count). The number of methoxy groups -OCH3 is 1. The first-order valence-corrected chi connectivity index (χ1v) is 6.63. The maximum Gasteiger partial charge on any atom is 0.140 e. The van der Waals surface area contributed by atoms with Crippen LogP contribution in [0.25, 0.3) is 0 Å². The summed E-state index contributed by atoms with van der Waals surface area (Å²) in [6.45, 7) is 4.27. The van der Waals surface area contributed by atoms with Gasteiger partial charge in [-0.1, -0.05) is 23.7 Å². The first kappa shape index (κ1) is 12.7. The Balaban J connectivity index is 2.17. The average Bonchev–Trinajstić information content (AvgIpc) is 2.36. The molecule has 17 heavy (non-hydrogen) atoms. The number of hydrogen-bond donors (Lipinski definition) is 1. The molecule has 0 aliphatic carbocycles. The Morgan fingerprint density at radius 3 is 2.94 bits per heavy atom. The average molecular weight is 254 g/mol. The first-order chi connectivity index (χ1) is 8.22. The smallest absolute Gasteiger partial charge is 0.140 e. The summed E-state index contributed by atoms with van der Waals surface area (Å²) >= 11 is 6.28. The van der Waals surface area contributed by atoms with Crippen LogP contribution in [0, 0.1) is 12.8 Å². The van der Waals surface area contributed by atoms with Gasteiger partial charge in [0.2, 0.25) is 0 Å². The minimum atomic E-state index is 0.705. The molecule has 1 atom stereocenters. The van der Waals surface area contributed by atoms with Gasteiger partial charge >= 0.3 is 0 Å². The largest absolute Gasteiger partial charge is 0.495 e. The van der Waals surface area contributed by atoms with Crippen LogP contribution >= 0.6 is 11.6 Å². The van der Waals surface area contributed by atoms with Gasteiger partial charge in [0.05, 0.1) is 12.1 Å². The number of halogens is 1. The van der Waals surface area contributed by atoms with E-state index in [2.05, 4.69) is 17.4 Å². The number of nitrogens with one attached hydrogen (secondary N) is 1. The number of rotatable bonds is 3. The molecule has 1 saturated heterocycles. The molecule has 1 aliphatic rings. The van der Waals surface area contributed by atoms with Crippen molar-refractivity contribution < 1.29 is 4.74 Å². The van der Waals surface area contributed by atoms with Gasteiger partial charge in [-0.05, 0) is 56.3 Å². The highest BCUT2D eigenvalue weighted by atomic mass is 35.5. The van der Waals surface area contributed by atoms with E-state index in [1.54, 1.807) is 7.11 Å². The Morgan fingerprint density at radius 2 is 2.29 bits per heavy atom. The molecule has 1 aromatic rings. The Morgan fingerprint density at radius 1 is 1.47 bits per heavy atom. The van der Waals surface area contributed by atoms with E-state index in [4.69, 9.17) is 16.3 Å². The van der Waals surface area contributed by atoms with E-state index in [1.807, 2.05) is 6.92 Å². The zero-order chi connectivity index (χ0) is 12.3. The molecule has 0 aromatic heterocycles. The quantitative estimate of drug-likeness (QED) is 0.893. The molecule has 0 radical (unpaired) electrons. The van der Waals surface area contributed by atoms with Crippen LogP contribution in [0.15, 0.2) is 12.1 Å². The Kier molecular flexibility index (Phi) is 4.30. The summed E-state index contributed by atoms with van der Waals surface area (Å²) < 4.78 is 5.45. The van der Waals surface area contributed by atoms with E-state index in [0.717, 1.165) is 35.8 Å². The molecule has 0 spiro atoms. The molecule has 2 nitrogen and oxygen atoms in total. The first-order valence-electron chi connectivity index (χ1n) is 6.25. The van der Waals surface area contributed by atoms with E-state index in [0.29, 0.717) is 5.92 Å². The third kappa shape index (κ3) is 2.93. The van der Waals surface area contributed by atoms with E-state index < -0.39 is 0 Å². The predicted octanol–water partition coefficient (Wildman–Crippen LogP) is 3.20. The summed E-state index contributed by atoms with van der Waals surface area (Å²) in [5.74, 6) is 1.56. The summed E-state index contributed by atoms with van der Waals surface area (Å²) in [5.41, 5.74) is 2.31. The van der Waals surface area contributed by atoms with Crippen LogP contribution in [-0.4, -0.2) is 20.2 Å². The van der Waals surface area contributed by atoms with Gasteiger partial charge in [0.1, 0.15) is 5.75 Å². The number of aryl methyl sites for hydroxylation is 1. The molecule has 1 fully saturated rings. The van der Waals surface area contributed by atoms with Crippen LogP contribution in [0.4, 0.5) is 0 Å². The van der Waals surface area contributed by atoms with Crippen molar-refractivity contribution in [2.24, 2.45) is 5.92 Å². The summed E-state index contributed by atoms with van der Waals surface area (Å²) in [5, 5.41) is 4.20. The molecule has 0 bridgehead atoms. The van der Waals surface area contributed by atoms with Gasteiger partial charge in [0.15, 0.2) is 0 Å². The normalized spacial score (nSPS) is 20.3. The second-order valence-electron chi connectivity index (χ2n) is 4.81. The number of hydrogen-bond acceptors (Lipinski definition) is 2. The van der Waals surface area contributed by atoms with Gasteiger partial charge in [-0.3, -0.25) is 0 Å². The lowest BCUT2D eigenvalue weighted by Gasteiger charge is -2.24. The maximum atomic E-state index is 6.28. The second-order valence-corrected chi connectivity index (χ2v) is 5.18. The van der Waals surface area contributed by atoms with E-state index in [1.165, 1.54) is 18.4 Å².